The number of aryl methyl sites for hydroxylation is 1. The van der Waals surface area contributed by atoms with Crippen molar-refractivity contribution in [3.63, 3.8) is 0 Å². The van der Waals surface area contributed by atoms with E-state index < -0.39 is 17.6 Å². The molecule has 0 unspecified atom stereocenters. The number of hydrogen-bond acceptors (Lipinski definition) is 4. The number of amides is 1. The highest BCUT2D eigenvalue weighted by Crippen LogP contribution is 2.18. The van der Waals surface area contributed by atoms with E-state index in [-0.39, 0.29) is 0 Å². The van der Waals surface area contributed by atoms with E-state index in [9.17, 15) is 9.59 Å². The fourth-order valence-corrected chi connectivity index (χ4v) is 1.66. The number of ether oxygens (including phenoxy) is 1. The van der Waals surface area contributed by atoms with Crippen LogP contribution in [0.5, 0.6) is 5.75 Å². The number of nitrogens with one attached hydrogen (secondary N) is 1. The van der Waals surface area contributed by atoms with Crippen molar-refractivity contribution in [1.29, 1.82) is 0 Å². The Hall–Kier alpha value is -2.50. The average molecular weight is 279 g/mol. The quantitative estimate of drug-likeness (QED) is 0.537. The molecule has 1 aromatic rings. The molecule has 1 rings (SSSR count). The molecule has 0 aliphatic carbocycles. The van der Waals surface area contributed by atoms with Crippen molar-refractivity contribution < 1.29 is 24.5 Å². The van der Waals surface area contributed by atoms with Gasteiger partial charge in [-0.05, 0) is 30.5 Å². The normalized spacial score (nSPS) is 11.0. The van der Waals surface area contributed by atoms with E-state index >= 15 is 0 Å². The van der Waals surface area contributed by atoms with Gasteiger partial charge in [0.25, 0.3) is 0 Å². The molecule has 0 aliphatic rings. The monoisotopic (exact) mass is 279 g/mol. The van der Waals surface area contributed by atoms with Crippen LogP contribution >= 0.6 is 0 Å². The van der Waals surface area contributed by atoms with Gasteiger partial charge in [-0.3, -0.25) is 4.79 Å². The van der Waals surface area contributed by atoms with Crippen molar-refractivity contribution in [2.75, 3.05) is 13.7 Å². The van der Waals surface area contributed by atoms with E-state index in [1.165, 1.54) is 0 Å². The third kappa shape index (κ3) is 4.64. The lowest BCUT2D eigenvalue weighted by molar-refractivity contribution is -0.136. The molecule has 0 fully saturated rings. The molecule has 0 saturated heterocycles. The Morgan fingerprint density at radius 3 is 2.60 bits per heavy atom. The Bertz CT molecular complexity index is 536. The summed E-state index contributed by atoms with van der Waals surface area (Å²) in [7, 11) is 1.60. The molecule has 6 nitrogen and oxygen atoms in total. The molecule has 0 spiro atoms. The van der Waals surface area contributed by atoms with Crippen LogP contribution in [0.25, 0.3) is 0 Å². The number of carbonyl (C=O) groups is 2. The van der Waals surface area contributed by atoms with Gasteiger partial charge in [-0.15, -0.1) is 0 Å². The first-order valence-corrected chi connectivity index (χ1v) is 5.99. The molecular formula is C14H17NO5. The van der Waals surface area contributed by atoms with Gasteiger partial charge in [-0.1, -0.05) is 12.1 Å². The van der Waals surface area contributed by atoms with Gasteiger partial charge in [0.05, 0.1) is 13.2 Å². The summed E-state index contributed by atoms with van der Waals surface area (Å²) >= 11 is 0. The number of aliphatic hydroxyl groups excluding tert-OH is 1. The SMILES string of the molecule is COc1ccc(CCNC(=O)C=C(O)C(=O)O)cc1C. The van der Waals surface area contributed by atoms with Crippen LogP contribution in [0.2, 0.25) is 0 Å². The second-order valence-electron chi connectivity index (χ2n) is 4.18. The molecule has 108 valence electrons. The van der Waals surface area contributed by atoms with Crippen molar-refractivity contribution >= 4 is 11.9 Å². The van der Waals surface area contributed by atoms with Gasteiger partial charge >= 0.3 is 5.97 Å². The van der Waals surface area contributed by atoms with Crippen LogP contribution in [0.3, 0.4) is 0 Å². The summed E-state index contributed by atoms with van der Waals surface area (Å²) in [6.45, 7) is 2.27. The first-order valence-electron chi connectivity index (χ1n) is 5.99. The van der Waals surface area contributed by atoms with E-state index in [1.807, 2.05) is 25.1 Å². The van der Waals surface area contributed by atoms with E-state index in [0.717, 1.165) is 16.9 Å². The first kappa shape index (κ1) is 15.6. The standard InChI is InChI=1S/C14H17NO5/c1-9-7-10(3-4-12(9)20-2)5-6-15-13(17)8-11(16)14(18)19/h3-4,7-8,16H,5-6H2,1-2H3,(H,15,17)(H,18,19). The molecule has 1 amide bonds. The maximum atomic E-state index is 11.3. The third-order valence-electron chi connectivity index (χ3n) is 2.66. The van der Waals surface area contributed by atoms with Crippen LogP contribution in [0.1, 0.15) is 11.1 Å². The number of methoxy groups -OCH3 is 1. The second-order valence-corrected chi connectivity index (χ2v) is 4.18. The van der Waals surface area contributed by atoms with Crippen molar-refractivity contribution in [3.8, 4) is 5.75 Å². The lowest BCUT2D eigenvalue weighted by Crippen LogP contribution is -2.24. The first-order chi connectivity index (χ1) is 9.43. The fraction of sp³-hybridized carbons (Fsp3) is 0.286. The van der Waals surface area contributed by atoms with E-state index in [4.69, 9.17) is 14.9 Å². The summed E-state index contributed by atoms with van der Waals surface area (Å²) in [5, 5.41) is 19.8. The molecule has 0 aliphatic heterocycles. The van der Waals surface area contributed by atoms with Gasteiger partial charge < -0.3 is 20.3 Å². The van der Waals surface area contributed by atoms with Crippen molar-refractivity contribution in [2.24, 2.45) is 0 Å². The predicted molar refractivity (Wildman–Crippen MR) is 72.8 cm³/mol. The molecule has 20 heavy (non-hydrogen) atoms. The number of carboxylic acids is 1. The lowest BCUT2D eigenvalue weighted by atomic mass is 10.1. The minimum Gasteiger partial charge on any atom is -0.502 e. The Morgan fingerprint density at radius 2 is 2.05 bits per heavy atom. The van der Waals surface area contributed by atoms with Crippen molar-refractivity contribution in [1.82, 2.24) is 5.32 Å². The molecule has 0 heterocycles. The Balaban J connectivity index is 2.49. The number of aliphatic carboxylic acids is 1. The minimum absolute atomic E-state index is 0.341. The summed E-state index contributed by atoms with van der Waals surface area (Å²) in [5.41, 5.74) is 2.02. The van der Waals surface area contributed by atoms with Crippen molar-refractivity contribution in [2.45, 2.75) is 13.3 Å². The molecule has 3 N–H and O–H groups in total. The van der Waals surface area contributed by atoms with Gasteiger partial charge in [0.15, 0.2) is 0 Å². The maximum absolute atomic E-state index is 11.3. The van der Waals surface area contributed by atoms with E-state index in [2.05, 4.69) is 5.32 Å². The smallest absolute Gasteiger partial charge is 0.371 e. The number of carboxylic acid groups (broad SMARTS) is 1. The molecule has 0 radical (unpaired) electrons. The summed E-state index contributed by atoms with van der Waals surface area (Å²) < 4.78 is 5.15. The van der Waals surface area contributed by atoms with Crippen molar-refractivity contribution in [3.05, 3.63) is 41.2 Å². The molecule has 0 atom stereocenters. The number of rotatable bonds is 6. The molecular weight excluding hydrogens is 262 g/mol. The van der Waals surface area contributed by atoms with Crippen LogP contribution in [0.4, 0.5) is 0 Å². The van der Waals surface area contributed by atoms with Crippen LogP contribution < -0.4 is 10.1 Å². The zero-order chi connectivity index (χ0) is 15.1. The Labute approximate surface area is 116 Å². The minimum atomic E-state index is -1.54. The zero-order valence-corrected chi connectivity index (χ0v) is 11.3. The summed E-state index contributed by atoms with van der Waals surface area (Å²) in [6.07, 6.45) is 1.24. The largest absolute Gasteiger partial charge is 0.502 e. The van der Waals surface area contributed by atoms with Crippen LogP contribution in [0.15, 0.2) is 30.0 Å². The topological polar surface area (TPSA) is 95.9 Å². The zero-order valence-electron chi connectivity index (χ0n) is 11.3. The van der Waals surface area contributed by atoms with Crippen LogP contribution in [-0.2, 0) is 16.0 Å². The molecule has 0 aromatic heterocycles. The van der Waals surface area contributed by atoms with Gasteiger partial charge in [0.1, 0.15) is 5.75 Å². The Morgan fingerprint density at radius 1 is 1.35 bits per heavy atom. The number of benzene rings is 1. The van der Waals surface area contributed by atoms with Gasteiger partial charge in [0.2, 0.25) is 11.7 Å². The summed E-state index contributed by atoms with van der Waals surface area (Å²) in [6, 6.07) is 5.70. The highest BCUT2D eigenvalue weighted by atomic mass is 16.5. The predicted octanol–water partition coefficient (Wildman–Crippen LogP) is 1.19. The van der Waals surface area contributed by atoms with Crippen LogP contribution in [0, 0.1) is 6.92 Å². The van der Waals surface area contributed by atoms with E-state index in [0.29, 0.717) is 19.0 Å². The highest BCUT2D eigenvalue weighted by molar-refractivity contribution is 5.95. The van der Waals surface area contributed by atoms with Gasteiger partial charge in [-0.25, -0.2) is 4.79 Å². The molecule has 1 aromatic carbocycles. The van der Waals surface area contributed by atoms with Gasteiger partial charge in [0, 0.05) is 6.54 Å². The number of hydrogen-bond donors (Lipinski definition) is 3. The average Bonchev–Trinajstić information content (AvgIpc) is 2.38. The fourth-order valence-electron chi connectivity index (χ4n) is 1.66. The molecule has 0 bridgehead atoms. The van der Waals surface area contributed by atoms with Crippen LogP contribution in [-0.4, -0.2) is 35.7 Å². The third-order valence-corrected chi connectivity index (χ3v) is 2.66. The van der Waals surface area contributed by atoms with E-state index in [1.54, 1.807) is 7.11 Å². The van der Waals surface area contributed by atoms with Gasteiger partial charge in [-0.2, -0.15) is 0 Å². The highest BCUT2D eigenvalue weighted by Gasteiger charge is 2.07. The second kappa shape index (κ2) is 7.18. The maximum Gasteiger partial charge on any atom is 0.371 e. The number of aliphatic hydroxyl groups is 1. The molecule has 6 heteroatoms. The summed E-state index contributed by atoms with van der Waals surface area (Å²) in [4.78, 5) is 21.6. The lowest BCUT2D eigenvalue weighted by Gasteiger charge is -2.07. The summed E-state index contributed by atoms with van der Waals surface area (Å²) in [5.74, 6) is -2.36. The Kier molecular flexibility index (Phi) is 5.58. The molecule has 0 saturated carbocycles. The number of carbonyl (C=O) groups excluding carboxylic acids is 1.